The SMILES string of the molecule is CC.CC(S)CC(N)C(=O)O. The molecular formula is C7H17NO2S. The fraction of sp³-hybridized carbons (Fsp3) is 0.857. The summed E-state index contributed by atoms with van der Waals surface area (Å²) in [6, 6.07) is -0.766. The van der Waals surface area contributed by atoms with Crippen molar-refractivity contribution in [2.24, 2.45) is 5.73 Å². The van der Waals surface area contributed by atoms with Crippen LogP contribution in [0, 0.1) is 0 Å². The van der Waals surface area contributed by atoms with Gasteiger partial charge in [-0.2, -0.15) is 12.6 Å². The summed E-state index contributed by atoms with van der Waals surface area (Å²) in [6.45, 7) is 5.81. The first-order chi connectivity index (χ1) is 5.04. The molecule has 2 atom stereocenters. The van der Waals surface area contributed by atoms with Crippen molar-refractivity contribution in [2.45, 2.75) is 38.5 Å². The van der Waals surface area contributed by atoms with Crippen LogP contribution >= 0.6 is 12.6 Å². The molecule has 0 aliphatic heterocycles. The smallest absolute Gasteiger partial charge is 0.320 e. The monoisotopic (exact) mass is 179 g/mol. The van der Waals surface area contributed by atoms with Crippen LogP contribution in [-0.4, -0.2) is 22.4 Å². The molecule has 4 heteroatoms. The minimum absolute atomic E-state index is 0.0519. The van der Waals surface area contributed by atoms with E-state index in [4.69, 9.17) is 10.8 Å². The number of carbonyl (C=O) groups is 1. The van der Waals surface area contributed by atoms with Crippen LogP contribution in [0.1, 0.15) is 27.2 Å². The van der Waals surface area contributed by atoms with Crippen LogP contribution in [0.5, 0.6) is 0 Å². The van der Waals surface area contributed by atoms with Gasteiger partial charge in [0.15, 0.2) is 0 Å². The molecule has 0 saturated carbocycles. The summed E-state index contributed by atoms with van der Waals surface area (Å²) in [6.07, 6.45) is 0.415. The Kier molecular flexibility index (Phi) is 9.58. The molecule has 2 unspecified atom stereocenters. The molecule has 3 N–H and O–H groups in total. The largest absolute Gasteiger partial charge is 0.480 e. The first kappa shape index (κ1) is 13.4. The van der Waals surface area contributed by atoms with Crippen LogP contribution in [0.3, 0.4) is 0 Å². The minimum atomic E-state index is -0.962. The standard InChI is InChI=1S/C5H11NO2S.C2H6/c1-3(9)2-4(6)5(7)8;1-2/h3-4,9H,2,6H2,1H3,(H,7,8);1-2H3. The maximum atomic E-state index is 10.1. The molecule has 0 aromatic carbocycles. The van der Waals surface area contributed by atoms with Gasteiger partial charge >= 0.3 is 5.97 Å². The van der Waals surface area contributed by atoms with E-state index in [1.165, 1.54) is 0 Å². The molecule has 0 spiro atoms. The highest BCUT2D eigenvalue weighted by molar-refractivity contribution is 7.80. The van der Waals surface area contributed by atoms with Gasteiger partial charge in [0.25, 0.3) is 0 Å². The normalized spacial score (nSPS) is 14.3. The molecule has 0 rings (SSSR count). The third kappa shape index (κ3) is 9.78. The number of rotatable bonds is 3. The zero-order valence-corrected chi connectivity index (χ0v) is 8.14. The van der Waals surface area contributed by atoms with Gasteiger partial charge in [0.1, 0.15) is 6.04 Å². The lowest BCUT2D eigenvalue weighted by atomic mass is 10.2. The molecular weight excluding hydrogens is 162 g/mol. The predicted molar refractivity (Wildman–Crippen MR) is 50.0 cm³/mol. The van der Waals surface area contributed by atoms with E-state index in [1.807, 2.05) is 20.8 Å². The Balaban J connectivity index is 0. The predicted octanol–water partition coefficient (Wildman–Crippen LogP) is 1.13. The Morgan fingerprint density at radius 1 is 1.64 bits per heavy atom. The van der Waals surface area contributed by atoms with Crippen LogP contribution in [-0.2, 0) is 4.79 Å². The highest BCUT2D eigenvalue weighted by atomic mass is 32.1. The molecule has 0 aliphatic carbocycles. The third-order valence-corrected chi connectivity index (χ3v) is 1.12. The Morgan fingerprint density at radius 2 is 2.00 bits per heavy atom. The van der Waals surface area contributed by atoms with Crippen LogP contribution < -0.4 is 5.73 Å². The number of aliphatic carboxylic acids is 1. The van der Waals surface area contributed by atoms with E-state index in [0.717, 1.165) is 0 Å². The maximum absolute atomic E-state index is 10.1. The second kappa shape index (κ2) is 7.88. The van der Waals surface area contributed by atoms with E-state index in [1.54, 1.807) is 0 Å². The van der Waals surface area contributed by atoms with Crippen molar-refractivity contribution in [1.82, 2.24) is 0 Å². The van der Waals surface area contributed by atoms with Crippen LogP contribution in [0.2, 0.25) is 0 Å². The van der Waals surface area contributed by atoms with E-state index in [-0.39, 0.29) is 5.25 Å². The Bertz CT molecular complexity index is 107. The van der Waals surface area contributed by atoms with Crippen molar-refractivity contribution in [1.29, 1.82) is 0 Å². The number of carboxylic acid groups (broad SMARTS) is 1. The van der Waals surface area contributed by atoms with Gasteiger partial charge in [-0.25, -0.2) is 0 Å². The van der Waals surface area contributed by atoms with Crippen LogP contribution in [0.25, 0.3) is 0 Å². The fourth-order valence-electron chi connectivity index (χ4n) is 0.468. The highest BCUT2D eigenvalue weighted by Gasteiger charge is 2.12. The highest BCUT2D eigenvalue weighted by Crippen LogP contribution is 2.01. The summed E-state index contributed by atoms with van der Waals surface area (Å²) in [4.78, 5) is 10.1. The molecule has 0 aromatic heterocycles. The number of thiol groups is 1. The van der Waals surface area contributed by atoms with Crippen molar-refractivity contribution in [3.8, 4) is 0 Å². The molecule has 0 saturated heterocycles. The Morgan fingerprint density at radius 3 is 2.09 bits per heavy atom. The van der Waals surface area contributed by atoms with E-state index in [2.05, 4.69) is 12.6 Å². The zero-order valence-electron chi connectivity index (χ0n) is 7.24. The van der Waals surface area contributed by atoms with Gasteiger partial charge in [-0.1, -0.05) is 20.8 Å². The zero-order chi connectivity index (χ0) is 9.44. The summed E-state index contributed by atoms with van der Waals surface area (Å²) in [5.74, 6) is -0.962. The second-order valence-corrected chi connectivity index (χ2v) is 2.91. The molecule has 0 bridgehead atoms. The molecule has 68 valence electrons. The number of carboxylic acids is 1. The van der Waals surface area contributed by atoms with E-state index >= 15 is 0 Å². The van der Waals surface area contributed by atoms with Crippen molar-refractivity contribution >= 4 is 18.6 Å². The number of hydrogen-bond acceptors (Lipinski definition) is 3. The van der Waals surface area contributed by atoms with Gasteiger partial charge in [-0.3, -0.25) is 4.79 Å². The summed E-state index contributed by atoms with van der Waals surface area (Å²) in [5, 5.41) is 8.32. The van der Waals surface area contributed by atoms with Crippen molar-refractivity contribution in [3.05, 3.63) is 0 Å². The van der Waals surface area contributed by atoms with Gasteiger partial charge in [0.2, 0.25) is 0 Å². The molecule has 3 nitrogen and oxygen atoms in total. The summed E-state index contributed by atoms with van der Waals surface area (Å²) >= 11 is 3.99. The lowest BCUT2D eigenvalue weighted by Gasteiger charge is -2.06. The van der Waals surface area contributed by atoms with Gasteiger partial charge in [-0.05, 0) is 6.42 Å². The molecule has 0 aromatic rings. The number of hydrogen-bond donors (Lipinski definition) is 3. The average molecular weight is 179 g/mol. The van der Waals surface area contributed by atoms with Gasteiger partial charge in [-0.15, -0.1) is 0 Å². The summed E-state index contributed by atoms with van der Waals surface area (Å²) in [7, 11) is 0. The molecule has 0 heterocycles. The molecule has 0 radical (unpaired) electrons. The second-order valence-electron chi connectivity index (χ2n) is 2.03. The Hall–Kier alpha value is -0.220. The topological polar surface area (TPSA) is 63.3 Å². The number of nitrogens with two attached hydrogens (primary N) is 1. The Labute approximate surface area is 73.4 Å². The van der Waals surface area contributed by atoms with Crippen LogP contribution in [0.4, 0.5) is 0 Å². The van der Waals surface area contributed by atoms with Crippen molar-refractivity contribution in [2.75, 3.05) is 0 Å². The summed E-state index contributed by atoms with van der Waals surface area (Å²) < 4.78 is 0. The molecule has 11 heavy (non-hydrogen) atoms. The van der Waals surface area contributed by atoms with E-state index in [9.17, 15) is 4.79 Å². The van der Waals surface area contributed by atoms with Gasteiger partial charge < -0.3 is 10.8 Å². The molecule has 0 fully saturated rings. The van der Waals surface area contributed by atoms with Gasteiger partial charge in [0, 0.05) is 5.25 Å². The van der Waals surface area contributed by atoms with Crippen molar-refractivity contribution in [3.63, 3.8) is 0 Å². The lowest BCUT2D eigenvalue weighted by molar-refractivity contribution is -0.138. The third-order valence-electron chi connectivity index (χ3n) is 0.912. The first-order valence-electron chi connectivity index (χ1n) is 3.70. The van der Waals surface area contributed by atoms with E-state index < -0.39 is 12.0 Å². The van der Waals surface area contributed by atoms with Crippen molar-refractivity contribution < 1.29 is 9.90 Å². The molecule has 0 aliphatic rings. The lowest BCUT2D eigenvalue weighted by Crippen LogP contribution is -2.31. The molecule has 0 amide bonds. The average Bonchev–Trinajstić information content (AvgIpc) is 1.90. The summed E-state index contributed by atoms with van der Waals surface area (Å²) in [5.41, 5.74) is 5.17. The maximum Gasteiger partial charge on any atom is 0.320 e. The quantitative estimate of drug-likeness (QED) is 0.569. The fourth-order valence-corrected chi connectivity index (χ4v) is 0.695. The van der Waals surface area contributed by atoms with Gasteiger partial charge in [0.05, 0.1) is 0 Å². The van der Waals surface area contributed by atoms with E-state index in [0.29, 0.717) is 6.42 Å². The first-order valence-corrected chi connectivity index (χ1v) is 4.22. The minimum Gasteiger partial charge on any atom is -0.480 e. The van der Waals surface area contributed by atoms with Crippen LogP contribution in [0.15, 0.2) is 0 Å².